The molecular formula is C21H23Cl2NO. The van der Waals surface area contributed by atoms with Crippen molar-refractivity contribution in [2.45, 2.75) is 19.4 Å². The van der Waals surface area contributed by atoms with Crippen LogP contribution in [0.1, 0.15) is 30.6 Å². The molecule has 0 amide bonds. The van der Waals surface area contributed by atoms with E-state index >= 15 is 0 Å². The molecule has 0 bridgehead atoms. The van der Waals surface area contributed by atoms with Gasteiger partial charge in [0.1, 0.15) is 0 Å². The fourth-order valence-electron chi connectivity index (χ4n) is 3.30. The van der Waals surface area contributed by atoms with Crippen LogP contribution in [-0.4, -0.2) is 29.6 Å². The van der Waals surface area contributed by atoms with E-state index in [9.17, 15) is 5.11 Å². The van der Waals surface area contributed by atoms with E-state index in [1.165, 1.54) is 11.1 Å². The quantitative estimate of drug-likeness (QED) is 0.750. The van der Waals surface area contributed by atoms with Gasteiger partial charge in [0, 0.05) is 29.7 Å². The lowest BCUT2D eigenvalue weighted by Gasteiger charge is -2.30. The van der Waals surface area contributed by atoms with Crippen LogP contribution in [0.3, 0.4) is 0 Å². The Bertz CT molecular complexity index is 725. The molecule has 2 aromatic rings. The summed E-state index contributed by atoms with van der Waals surface area (Å²) in [5, 5.41) is 12.0. The zero-order valence-corrected chi connectivity index (χ0v) is 15.8. The first kappa shape index (κ1) is 18.5. The molecular weight excluding hydrogens is 353 g/mol. The monoisotopic (exact) mass is 375 g/mol. The standard InChI is InChI=1S/C21H23Cl2NO/c1-15(21(25)18-4-8-20(23)9-5-18)14-24-12-10-17(11-13-24)16-2-6-19(22)7-3-16/h2-10,15,21,25H,11-14H2,1H3. The summed E-state index contributed by atoms with van der Waals surface area (Å²) in [4.78, 5) is 2.39. The third-order valence-electron chi connectivity index (χ3n) is 4.80. The maximum absolute atomic E-state index is 10.6. The lowest BCUT2D eigenvalue weighted by molar-refractivity contribution is 0.0911. The molecule has 0 radical (unpaired) electrons. The zero-order valence-electron chi connectivity index (χ0n) is 14.3. The summed E-state index contributed by atoms with van der Waals surface area (Å²) in [6.45, 7) is 4.88. The SMILES string of the molecule is CC(CN1CC=C(c2ccc(Cl)cc2)CC1)C(O)c1ccc(Cl)cc1. The predicted molar refractivity (Wildman–Crippen MR) is 106 cm³/mol. The predicted octanol–water partition coefficient (Wildman–Crippen LogP) is 5.45. The van der Waals surface area contributed by atoms with Crippen LogP contribution in [0.5, 0.6) is 0 Å². The molecule has 25 heavy (non-hydrogen) atoms. The molecule has 2 unspecified atom stereocenters. The van der Waals surface area contributed by atoms with Gasteiger partial charge in [0.05, 0.1) is 6.10 Å². The molecule has 0 fully saturated rings. The van der Waals surface area contributed by atoms with Crippen LogP contribution >= 0.6 is 23.2 Å². The first-order chi connectivity index (χ1) is 12.0. The van der Waals surface area contributed by atoms with Crippen molar-refractivity contribution in [1.29, 1.82) is 0 Å². The molecule has 2 aromatic carbocycles. The maximum atomic E-state index is 10.6. The van der Waals surface area contributed by atoms with Crippen molar-refractivity contribution in [2.24, 2.45) is 5.92 Å². The highest BCUT2D eigenvalue weighted by Crippen LogP contribution is 2.27. The minimum Gasteiger partial charge on any atom is -0.388 e. The average molecular weight is 376 g/mol. The number of nitrogens with zero attached hydrogens (tertiary/aromatic N) is 1. The minimum atomic E-state index is -0.473. The highest BCUT2D eigenvalue weighted by molar-refractivity contribution is 6.30. The van der Waals surface area contributed by atoms with Gasteiger partial charge in [-0.2, -0.15) is 0 Å². The van der Waals surface area contributed by atoms with Crippen LogP contribution in [-0.2, 0) is 0 Å². The van der Waals surface area contributed by atoms with E-state index < -0.39 is 6.10 Å². The first-order valence-corrected chi connectivity index (χ1v) is 9.39. The third-order valence-corrected chi connectivity index (χ3v) is 5.31. The number of benzene rings is 2. The molecule has 0 saturated heterocycles. The summed E-state index contributed by atoms with van der Waals surface area (Å²) in [7, 11) is 0. The van der Waals surface area contributed by atoms with E-state index in [4.69, 9.17) is 23.2 Å². The van der Waals surface area contributed by atoms with Gasteiger partial charge >= 0.3 is 0 Å². The second kappa shape index (κ2) is 8.37. The van der Waals surface area contributed by atoms with Gasteiger partial charge in [-0.1, -0.05) is 60.5 Å². The minimum absolute atomic E-state index is 0.159. The number of rotatable bonds is 5. The summed E-state index contributed by atoms with van der Waals surface area (Å²) in [6, 6.07) is 15.5. The molecule has 2 atom stereocenters. The Balaban J connectivity index is 1.57. The second-order valence-electron chi connectivity index (χ2n) is 6.72. The van der Waals surface area contributed by atoms with Gasteiger partial charge in [-0.15, -0.1) is 0 Å². The highest BCUT2D eigenvalue weighted by Gasteiger charge is 2.21. The van der Waals surface area contributed by atoms with E-state index in [-0.39, 0.29) is 5.92 Å². The number of hydrogen-bond donors (Lipinski definition) is 1. The van der Waals surface area contributed by atoms with Gasteiger partial charge in [0.2, 0.25) is 0 Å². The van der Waals surface area contributed by atoms with Crippen molar-refractivity contribution in [1.82, 2.24) is 4.90 Å². The summed E-state index contributed by atoms with van der Waals surface area (Å²) >= 11 is 11.9. The molecule has 1 aliphatic heterocycles. The molecule has 0 spiro atoms. The third kappa shape index (κ3) is 4.86. The molecule has 2 nitrogen and oxygen atoms in total. The van der Waals surface area contributed by atoms with Crippen LogP contribution in [0.2, 0.25) is 10.0 Å². The smallest absolute Gasteiger partial charge is 0.0827 e. The summed E-state index contributed by atoms with van der Waals surface area (Å²) in [6.07, 6.45) is 2.83. The summed E-state index contributed by atoms with van der Waals surface area (Å²) < 4.78 is 0. The van der Waals surface area contributed by atoms with E-state index in [1.54, 1.807) is 0 Å². The van der Waals surface area contributed by atoms with E-state index in [0.717, 1.165) is 36.6 Å². The molecule has 0 aromatic heterocycles. The normalized spacial score (nSPS) is 17.8. The van der Waals surface area contributed by atoms with Gasteiger partial charge in [-0.3, -0.25) is 4.90 Å². The average Bonchev–Trinajstić information content (AvgIpc) is 2.63. The topological polar surface area (TPSA) is 23.5 Å². The molecule has 1 N–H and O–H groups in total. The van der Waals surface area contributed by atoms with E-state index in [2.05, 4.69) is 30.0 Å². The van der Waals surface area contributed by atoms with Crippen LogP contribution in [0.4, 0.5) is 0 Å². The van der Waals surface area contributed by atoms with Gasteiger partial charge in [-0.25, -0.2) is 0 Å². The summed E-state index contributed by atoms with van der Waals surface area (Å²) in [5.74, 6) is 0.159. The Hall–Kier alpha value is -1.32. The molecule has 3 rings (SSSR count). The lowest BCUT2D eigenvalue weighted by Crippen LogP contribution is -2.34. The van der Waals surface area contributed by atoms with Crippen molar-refractivity contribution >= 4 is 28.8 Å². The number of aliphatic hydroxyl groups excluding tert-OH is 1. The van der Waals surface area contributed by atoms with Crippen LogP contribution in [0, 0.1) is 5.92 Å². The highest BCUT2D eigenvalue weighted by atomic mass is 35.5. The van der Waals surface area contributed by atoms with E-state index in [1.807, 2.05) is 36.4 Å². The Morgan fingerprint density at radius 3 is 2.16 bits per heavy atom. The van der Waals surface area contributed by atoms with E-state index in [0.29, 0.717) is 5.02 Å². The van der Waals surface area contributed by atoms with Gasteiger partial charge in [0.15, 0.2) is 0 Å². The Kier molecular flexibility index (Phi) is 6.19. The fourth-order valence-corrected chi connectivity index (χ4v) is 3.55. The zero-order chi connectivity index (χ0) is 17.8. The molecule has 1 aliphatic rings. The Morgan fingerprint density at radius 2 is 1.60 bits per heavy atom. The van der Waals surface area contributed by atoms with Crippen molar-refractivity contribution in [2.75, 3.05) is 19.6 Å². The lowest BCUT2D eigenvalue weighted by atomic mass is 9.95. The maximum Gasteiger partial charge on any atom is 0.0827 e. The number of aliphatic hydroxyl groups is 1. The molecule has 0 aliphatic carbocycles. The Labute approximate surface area is 159 Å². The molecule has 1 heterocycles. The molecule has 0 saturated carbocycles. The van der Waals surface area contributed by atoms with Crippen molar-refractivity contribution in [3.8, 4) is 0 Å². The van der Waals surface area contributed by atoms with Crippen LogP contribution in [0.15, 0.2) is 54.6 Å². The van der Waals surface area contributed by atoms with Crippen LogP contribution < -0.4 is 0 Å². The number of hydrogen-bond acceptors (Lipinski definition) is 2. The van der Waals surface area contributed by atoms with Gasteiger partial charge < -0.3 is 5.11 Å². The van der Waals surface area contributed by atoms with Crippen LogP contribution in [0.25, 0.3) is 5.57 Å². The number of halogens is 2. The largest absolute Gasteiger partial charge is 0.388 e. The van der Waals surface area contributed by atoms with Crippen molar-refractivity contribution in [3.63, 3.8) is 0 Å². The second-order valence-corrected chi connectivity index (χ2v) is 7.59. The van der Waals surface area contributed by atoms with Gasteiger partial charge in [-0.05, 0) is 53.3 Å². The Morgan fingerprint density at radius 1 is 1.00 bits per heavy atom. The fraction of sp³-hybridized carbons (Fsp3) is 0.333. The summed E-state index contributed by atoms with van der Waals surface area (Å²) in [5.41, 5.74) is 3.54. The van der Waals surface area contributed by atoms with Crippen molar-refractivity contribution in [3.05, 3.63) is 75.8 Å². The molecule has 132 valence electrons. The van der Waals surface area contributed by atoms with Gasteiger partial charge in [0.25, 0.3) is 0 Å². The first-order valence-electron chi connectivity index (χ1n) is 8.64. The molecule has 4 heteroatoms. The van der Waals surface area contributed by atoms with Crippen molar-refractivity contribution < 1.29 is 5.11 Å².